The maximum absolute atomic E-state index is 15.3. The molecule has 0 bridgehead atoms. The Labute approximate surface area is 333 Å². The zero-order chi connectivity index (χ0) is 42.1. The first-order valence-electron chi connectivity index (χ1n) is 16.5. The summed E-state index contributed by atoms with van der Waals surface area (Å²) in [6.07, 6.45) is 0.0819. The molecule has 57 heavy (non-hydrogen) atoms. The molecule has 0 unspecified atom stereocenters. The molecule has 5 aromatic rings. The molecule has 0 atom stereocenters. The molecule has 0 N–H and O–H groups in total. The smallest absolute Gasteiger partial charge is 0.668 e. The second kappa shape index (κ2) is 21.4. The van der Waals surface area contributed by atoms with E-state index in [1.165, 1.54) is 38.2 Å². The number of hydrogen-bond donors (Lipinski definition) is 0. The fourth-order valence-electron chi connectivity index (χ4n) is 6.23. The number of benzene rings is 5. The van der Waals surface area contributed by atoms with Crippen molar-refractivity contribution in [2.24, 2.45) is 0 Å². The van der Waals surface area contributed by atoms with Gasteiger partial charge in [-0.25, -0.2) is 65.9 Å². The second-order valence-electron chi connectivity index (χ2n) is 12.4. The van der Waals surface area contributed by atoms with E-state index in [1.807, 2.05) is 30.3 Å². The minimum atomic E-state index is -5.59. The van der Waals surface area contributed by atoms with Gasteiger partial charge in [-0.1, -0.05) is 74.1 Å². The van der Waals surface area contributed by atoms with Crippen LogP contribution in [0.4, 0.5) is 65.9 Å². The summed E-state index contributed by atoms with van der Waals surface area (Å²) >= 11 is 0. The summed E-state index contributed by atoms with van der Waals surface area (Å²) in [4.78, 5) is 0. The summed E-state index contributed by atoms with van der Waals surface area (Å²) in [6.45, 7) is 3.72. The molecule has 1 fully saturated rings. The third-order valence-corrected chi connectivity index (χ3v) is 8.69. The van der Waals surface area contributed by atoms with Crippen molar-refractivity contribution in [2.75, 3.05) is 14.1 Å². The predicted molar refractivity (Wildman–Crippen MR) is 183 cm³/mol. The van der Waals surface area contributed by atoms with Crippen LogP contribution in [0.25, 0.3) is 5.32 Å². The Bertz CT molecular complexity index is 1870. The normalized spacial score (nSPS) is 12.0. The number of halogens is 15. The van der Waals surface area contributed by atoms with Crippen molar-refractivity contribution in [1.82, 2.24) is 0 Å². The maximum Gasteiger partial charge on any atom is 4.00 e. The molecule has 18 heteroatoms. The summed E-state index contributed by atoms with van der Waals surface area (Å²) in [6, 6.07) is 14.8. The largest absolute Gasteiger partial charge is 4.00 e. The van der Waals surface area contributed by atoms with Crippen molar-refractivity contribution in [3.8, 4) is 0 Å². The Morgan fingerprint density at radius 2 is 0.614 bits per heavy atom. The van der Waals surface area contributed by atoms with Gasteiger partial charge in [0.1, 0.15) is 41.0 Å². The van der Waals surface area contributed by atoms with Gasteiger partial charge in [-0.2, -0.15) is 38.7 Å². The van der Waals surface area contributed by atoms with Gasteiger partial charge in [0.05, 0.1) is 0 Å². The fraction of sp³-hybridized carbons (Fsp3) is 0.205. The molecular formula is C39H30BF15NTi+. The van der Waals surface area contributed by atoms with Crippen molar-refractivity contribution in [2.45, 2.75) is 38.4 Å². The van der Waals surface area contributed by atoms with Gasteiger partial charge in [0.2, 0.25) is 0 Å². The van der Waals surface area contributed by atoms with Crippen LogP contribution in [0.15, 0.2) is 60.7 Å². The van der Waals surface area contributed by atoms with Gasteiger partial charge in [-0.05, 0) is 0 Å². The van der Waals surface area contributed by atoms with Crippen LogP contribution < -0.4 is 16.4 Å². The van der Waals surface area contributed by atoms with E-state index in [0.29, 0.717) is 0 Å². The van der Waals surface area contributed by atoms with Gasteiger partial charge in [0.15, 0.2) is 52.4 Å². The molecule has 0 amide bonds. The molecule has 0 spiro atoms. The van der Waals surface area contributed by atoms with Crippen LogP contribution in [0.2, 0.25) is 0 Å². The molecule has 1 saturated carbocycles. The van der Waals surface area contributed by atoms with Gasteiger partial charge >= 0.3 is 21.7 Å². The number of nitrogens with zero attached hydrogens (tertiary/aromatic N) is 1. The molecule has 1 nitrogen and oxygen atoms in total. The average Bonchev–Trinajstić information content (AvgIpc) is 3.78. The van der Waals surface area contributed by atoms with Gasteiger partial charge in [0.25, 0.3) is 0 Å². The van der Waals surface area contributed by atoms with Crippen molar-refractivity contribution in [3.63, 3.8) is 0 Å². The van der Waals surface area contributed by atoms with Gasteiger partial charge in [-0.15, -0.1) is 34.8 Å². The predicted octanol–water partition coefficient (Wildman–Crippen LogP) is 10.5. The average molecular weight is 856 g/mol. The Morgan fingerprint density at radius 1 is 0.404 bits per heavy atom. The maximum atomic E-state index is 15.3. The molecule has 0 radical (unpaired) electrons. The molecule has 6 rings (SSSR count). The van der Waals surface area contributed by atoms with Crippen molar-refractivity contribution in [1.29, 1.82) is 0 Å². The monoisotopic (exact) mass is 856 g/mol. The van der Waals surface area contributed by atoms with Crippen LogP contribution >= 0.6 is 0 Å². The van der Waals surface area contributed by atoms with E-state index in [0.717, 1.165) is 29.8 Å². The summed E-state index contributed by atoms with van der Waals surface area (Å²) in [5.74, 6) is -45.2. The Kier molecular flexibility index (Phi) is 18.3. The summed E-state index contributed by atoms with van der Waals surface area (Å²) in [7, 11) is 3.50. The molecule has 1 aliphatic rings. The summed E-state index contributed by atoms with van der Waals surface area (Å²) in [5.41, 5.74) is -7.42. The first-order chi connectivity index (χ1) is 26.4. The van der Waals surface area contributed by atoms with Gasteiger partial charge in [-0.3, -0.25) is 0 Å². The van der Waals surface area contributed by atoms with E-state index in [-0.39, 0.29) is 21.7 Å². The van der Waals surface area contributed by atoms with Gasteiger partial charge in [0, 0.05) is 0 Å². The Hall–Kier alpha value is -4.34. The fourth-order valence-corrected chi connectivity index (χ4v) is 6.23. The van der Waals surface area contributed by atoms with E-state index in [4.69, 9.17) is 0 Å². The SMILES string of the molecule is C1CCCC1.C[N-]C.Fc1c(F)c(F)c([B-](Cc2ccccc2)(c2c(F)c(F)c(F)c(F)c2F)c2c(F)c(F)c(F)c(F)c2F)c(F)c1F.[CH2-]c1ccccc1.[Ti+4]. The standard InChI is InChI=1S/C25H7BF15.C7H7.C5H10.C2H6N.Ti/c27-11-8(12(28)18(34)23(39)17(11)33)26(6-7-4-2-1-3-5-7,9-13(29)19(35)24(40)20(36)14(9)30)10-15(31)21(37)25(41)22(38)16(10)32;1-7-5-3-2-4-6-7;1-2-4-5-3-1;1-3-2;/h1-5H,6H2;2-6H,1H2;1-5H2;1-2H3;/q2*-1;;-1;+4. The molecule has 0 saturated heterocycles. The summed E-state index contributed by atoms with van der Waals surface area (Å²) in [5, 5.41) is 3.50. The van der Waals surface area contributed by atoms with Crippen LogP contribution in [0, 0.1) is 94.2 Å². The van der Waals surface area contributed by atoms with Crippen molar-refractivity contribution >= 4 is 22.5 Å². The third-order valence-electron chi connectivity index (χ3n) is 8.69. The Morgan fingerprint density at radius 3 is 0.825 bits per heavy atom. The van der Waals surface area contributed by atoms with Crippen molar-refractivity contribution < 1.29 is 87.6 Å². The second-order valence-corrected chi connectivity index (χ2v) is 12.4. The molecule has 0 heterocycles. The molecule has 5 aromatic carbocycles. The summed E-state index contributed by atoms with van der Waals surface area (Å²) < 4.78 is 220. The third kappa shape index (κ3) is 10.2. The zero-order valence-electron chi connectivity index (χ0n) is 29.9. The Balaban J connectivity index is 0.000000584. The topological polar surface area (TPSA) is 14.1 Å². The number of hydrogen-bond acceptors (Lipinski definition) is 0. The molecule has 0 aliphatic heterocycles. The number of rotatable bonds is 5. The minimum absolute atomic E-state index is 0. The van der Waals surface area contributed by atoms with Gasteiger partial charge < -0.3 is 5.32 Å². The van der Waals surface area contributed by atoms with E-state index in [9.17, 15) is 39.5 Å². The molecule has 1 aliphatic carbocycles. The van der Waals surface area contributed by atoms with Crippen molar-refractivity contribution in [3.05, 3.63) is 171 Å². The zero-order valence-corrected chi connectivity index (χ0v) is 31.5. The van der Waals surface area contributed by atoms with Crippen LogP contribution in [0.5, 0.6) is 0 Å². The quantitative estimate of drug-likeness (QED) is 0.0550. The van der Waals surface area contributed by atoms with E-state index in [1.54, 1.807) is 14.1 Å². The van der Waals surface area contributed by atoms with E-state index < -0.39 is 122 Å². The molecule has 302 valence electrons. The van der Waals surface area contributed by atoms with E-state index in [2.05, 4.69) is 12.2 Å². The van der Waals surface area contributed by atoms with E-state index >= 15 is 26.3 Å². The van der Waals surface area contributed by atoms with Crippen LogP contribution in [0.3, 0.4) is 0 Å². The minimum Gasteiger partial charge on any atom is -0.668 e. The first-order valence-corrected chi connectivity index (χ1v) is 16.5. The molecule has 0 aromatic heterocycles. The van der Waals surface area contributed by atoms with Crippen LogP contribution in [-0.2, 0) is 28.0 Å². The first kappa shape index (κ1) is 48.8. The van der Waals surface area contributed by atoms with Crippen LogP contribution in [0.1, 0.15) is 43.2 Å². The van der Waals surface area contributed by atoms with Crippen LogP contribution in [-0.4, -0.2) is 20.2 Å². The molecular weight excluding hydrogens is 826 g/mol.